The number of carbonyl (C=O) groups excluding carboxylic acids is 2. The summed E-state index contributed by atoms with van der Waals surface area (Å²) in [4.78, 5) is 29.3. The number of benzene rings is 4. The lowest BCUT2D eigenvalue weighted by Gasteiger charge is -2.34. The van der Waals surface area contributed by atoms with Crippen LogP contribution in [0.4, 0.5) is 5.69 Å². The lowest BCUT2D eigenvalue weighted by molar-refractivity contribution is -0.140. The van der Waals surface area contributed by atoms with Gasteiger partial charge in [-0.05, 0) is 92.9 Å². The van der Waals surface area contributed by atoms with Crippen molar-refractivity contribution in [2.75, 3.05) is 10.8 Å². The van der Waals surface area contributed by atoms with Crippen LogP contribution in [0.5, 0.6) is 11.5 Å². The molecule has 2 atom stereocenters. The molecule has 0 aliphatic heterocycles. The third-order valence-corrected chi connectivity index (χ3v) is 10.1. The van der Waals surface area contributed by atoms with E-state index in [1.807, 2.05) is 51.1 Å². The van der Waals surface area contributed by atoms with E-state index in [2.05, 4.69) is 5.32 Å². The highest BCUT2D eigenvalue weighted by Crippen LogP contribution is 2.30. The van der Waals surface area contributed by atoms with Gasteiger partial charge in [0.2, 0.25) is 11.8 Å². The zero-order valence-electron chi connectivity index (χ0n) is 26.8. The maximum atomic E-state index is 14.4. The van der Waals surface area contributed by atoms with Crippen molar-refractivity contribution in [3.63, 3.8) is 0 Å². The molecule has 0 aliphatic carbocycles. The molecule has 0 bridgehead atoms. The number of amides is 2. The first-order valence-corrected chi connectivity index (χ1v) is 17.6. The van der Waals surface area contributed by atoms with Crippen molar-refractivity contribution in [3.05, 3.63) is 118 Å². The molecule has 0 radical (unpaired) electrons. The fraction of sp³-hybridized carbons (Fsp3) is 0.278. The third kappa shape index (κ3) is 9.28. The molecule has 4 aromatic rings. The maximum Gasteiger partial charge on any atom is 0.264 e. The van der Waals surface area contributed by atoms with Crippen molar-refractivity contribution in [1.29, 1.82) is 0 Å². The van der Waals surface area contributed by atoms with Crippen LogP contribution in [0.3, 0.4) is 0 Å². The molecule has 0 fully saturated rings. The van der Waals surface area contributed by atoms with Crippen LogP contribution in [-0.2, 0) is 26.2 Å². The largest absolute Gasteiger partial charge is 0.457 e. The van der Waals surface area contributed by atoms with Crippen LogP contribution >= 0.6 is 23.2 Å². The fourth-order valence-electron chi connectivity index (χ4n) is 4.87. The van der Waals surface area contributed by atoms with Gasteiger partial charge in [-0.1, -0.05) is 79.0 Å². The van der Waals surface area contributed by atoms with Gasteiger partial charge in [-0.15, -0.1) is 0 Å². The van der Waals surface area contributed by atoms with Crippen LogP contribution in [0.2, 0.25) is 10.0 Å². The van der Waals surface area contributed by atoms with Crippen LogP contribution in [0, 0.1) is 6.92 Å². The number of hydrogen-bond donors (Lipinski definition) is 1. The molecule has 0 aliphatic rings. The number of para-hydroxylation sites is 1. The van der Waals surface area contributed by atoms with Gasteiger partial charge in [-0.3, -0.25) is 13.9 Å². The normalized spacial score (nSPS) is 12.6. The Bertz CT molecular complexity index is 1770. The molecule has 4 aromatic carbocycles. The Morgan fingerprint density at radius 2 is 1.49 bits per heavy atom. The third-order valence-electron chi connectivity index (χ3n) is 7.73. The minimum absolute atomic E-state index is 0.0226. The minimum Gasteiger partial charge on any atom is -0.457 e. The number of ether oxygens (including phenoxy) is 1. The first kappa shape index (κ1) is 35.8. The number of hydrogen-bond acceptors (Lipinski definition) is 5. The monoisotopic (exact) mass is 695 g/mol. The fourth-order valence-corrected chi connectivity index (χ4v) is 6.75. The summed E-state index contributed by atoms with van der Waals surface area (Å²) in [6, 6.07) is 26.0. The van der Waals surface area contributed by atoms with E-state index >= 15 is 0 Å². The second-order valence-corrected chi connectivity index (χ2v) is 13.9. The zero-order valence-corrected chi connectivity index (χ0v) is 29.1. The Kier molecular flexibility index (Phi) is 12.3. The summed E-state index contributed by atoms with van der Waals surface area (Å²) in [5.74, 6) is 0.196. The summed E-state index contributed by atoms with van der Waals surface area (Å²) in [5, 5.41) is 3.71. The quantitative estimate of drug-likeness (QED) is 0.144. The molecule has 248 valence electrons. The summed E-state index contributed by atoms with van der Waals surface area (Å²) in [6.07, 6.45) is 0.987. The number of halogens is 2. The van der Waals surface area contributed by atoms with E-state index in [-0.39, 0.29) is 35.5 Å². The number of anilines is 1. The second-order valence-electron chi connectivity index (χ2n) is 11.2. The second kappa shape index (κ2) is 16.2. The van der Waals surface area contributed by atoms with Crippen LogP contribution in [0.25, 0.3) is 0 Å². The number of carbonyl (C=O) groups is 2. The van der Waals surface area contributed by atoms with Crippen molar-refractivity contribution in [2.24, 2.45) is 0 Å². The maximum absolute atomic E-state index is 14.4. The summed E-state index contributed by atoms with van der Waals surface area (Å²) >= 11 is 12.6. The first-order valence-electron chi connectivity index (χ1n) is 15.4. The lowest BCUT2D eigenvalue weighted by Crippen LogP contribution is -2.53. The van der Waals surface area contributed by atoms with E-state index in [0.29, 0.717) is 33.5 Å². The standard InChI is InChI=1S/C36H39Cl2N3O5S/c1-5-26(4)39-36(43)34(6-2)40(23-27-14-15-28(37)22-33(27)38)35(42)24-41(47(44,45)32-20-12-25(3)13-21-32)29-16-18-31(19-17-29)46-30-10-8-7-9-11-30/h7-22,26,34H,5-6,23-24H2,1-4H3,(H,39,43)/t26-,34-/m1/s1. The van der Waals surface area contributed by atoms with E-state index in [0.717, 1.165) is 9.87 Å². The molecule has 2 amide bonds. The molecule has 0 saturated carbocycles. The van der Waals surface area contributed by atoms with Crippen molar-refractivity contribution in [3.8, 4) is 11.5 Å². The molecule has 11 heteroatoms. The van der Waals surface area contributed by atoms with Gasteiger partial charge in [0.1, 0.15) is 24.1 Å². The van der Waals surface area contributed by atoms with Crippen LogP contribution in [0.1, 0.15) is 44.7 Å². The highest BCUT2D eigenvalue weighted by Gasteiger charge is 2.34. The number of nitrogens with zero attached hydrogens (tertiary/aromatic N) is 2. The minimum atomic E-state index is -4.23. The van der Waals surface area contributed by atoms with Crippen molar-refractivity contribution >= 4 is 50.7 Å². The molecule has 1 N–H and O–H groups in total. The van der Waals surface area contributed by atoms with Gasteiger partial charge in [-0.25, -0.2) is 8.42 Å². The molecule has 0 spiro atoms. The SMILES string of the molecule is CC[C@@H](C)NC(=O)[C@@H](CC)N(Cc1ccc(Cl)cc1Cl)C(=O)CN(c1ccc(Oc2ccccc2)cc1)S(=O)(=O)c1ccc(C)cc1. The average Bonchev–Trinajstić information content (AvgIpc) is 3.05. The number of aryl methyl sites for hydroxylation is 1. The Labute approximate surface area is 287 Å². The summed E-state index contributed by atoms with van der Waals surface area (Å²) in [7, 11) is -4.23. The van der Waals surface area contributed by atoms with Gasteiger partial charge in [0.15, 0.2) is 0 Å². The van der Waals surface area contributed by atoms with Crippen LogP contribution in [-0.4, -0.2) is 43.8 Å². The molecule has 0 aromatic heterocycles. The molecular formula is C36H39Cl2N3O5S. The summed E-state index contributed by atoms with van der Waals surface area (Å²) in [6.45, 7) is 6.88. The molecule has 0 unspecified atom stereocenters. The van der Waals surface area contributed by atoms with Gasteiger partial charge in [0.05, 0.1) is 10.6 Å². The topological polar surface area (TPSA) is 96.0 Å². The van der Waals surface area contributed by atoms with Gasteiger partial charge >= 0.3 is 0 Å². The highest BCUT2D eigenvalue weighted by molar-refractivity contribution is 7.92. The van der Waals surface area contributed by atoms with Gasteiger partial charge in [-0.2, -0.15) is 0 Å². The molecule has 47 heavy (non-hydrogen) atoms. The van der Waals surface area contributed by atoms with E-state index in [9.17, 15) is 18.0 Å². The molecule has 4 rings (SSSR count). The number of sulfonamides is 1. The van der Waals surface area contributed by atoms with Crippen molar-refractivity contribution in [2.45, 2.75) is 64.1 Å². The smallest absolute Gasteiger partial charge is 0.264 e. The first-order chi connectivity index (χ1) is 22.4. The lowest BCUT2D eigenvalue weighted by atomic mass is 10.1. The average molecular weight is 697 g/mol. The Hall–Kier alpha value is -4.05. The molecular weight excluding hydrogens is 657 g/mol. The van der Waals surface area contributed by atoms with E-state index in [1.165, 1.54) is 17.0 Å². The van der Waals surface area contributed by atoms with E-state index < -0.39 is 28.5 Å². The molecule has 8 nitrogen and oxygen atoms in total. The Morgan fingerprint density at radius 1 is 0.851 bits per heavy atom. The van der Waals surface area contributed by atoms with Crippen molar-refractivity contribution < 1.29 is 22.7 Å². The highest BCUT2D eigenvalue weighted by atomic mass is 35.5. The number of nitrogens with one attached hydrogen (secondary N) is 1. The molecule has 0 heterocycles. The number of rotatable bonds is 14. The Balaban J connectivity index is 1.74. The predicted octanol–water partition coefficient (Wildman–Crippen LogP) is 8.01. The van der Waals surface area contributed by atoms with Crippen LogP contribution < -0.4 is 14.4 Å². The summed E-state index contributed by atoms with van der Waals surface area (Å²) < 4.78 is 35.4. The Morgan fingerprint density at radius 3 is 2.09 bits per heavy atom. The predicted molar refractivity (Wildman–Crippen MR) is 188 cm³/mol. The van der Waals surface area contributed by atoms with Crippen molar-refractivity contribution in [1.82, 2.24) is 10.2 Å². The van der Waals surface area contributed by atoms with E-state index in [4.69, 9.17) is 27.9 Å². The van der Waals surface area contributed by atoms with Gasteiger partial charge < -0.3 is 15.0 Å². The van der Waals surface area contributed by atoms with Crippen LogP contribution in [0.15, 0.2) is 102 Å². The van der Waals surface area contributed by atoms with Gasteiger partial charge in [0.25, 0.3) is 10.0 Å². The zero-order chi connectivity index (χ0) is 34.1. The van der Waals surface area contributed by atoms with E-state index in [1.54, 1.807) is 61.5 Å². The van der Waals surface area contributed by atoms with Gasteiger partial charge in [0, 0.05) is 22.6 Å². The molecule has 0 saturated heterocycles. The summed E-state index contributed by atoms with van der Waals surface area (Å²) in [5.41, 5.74) is 1.70.